The quantitative estimate of drug-likeness (QED) is 0.411. The number of carbonyl (C=O) groups is 1. The maximum atomic E-state index is 13.1. The number of carbonyl (C=O) groups excluding carboxylic acids is 1. The molecule has 0 saturated carbocycles. The van der Waals surface area contributed by atoms with Crippen LogP contribution in [0.2, 0.25) is 0 Å². The van der Waals surface area contributed by atoms with Crippen LogP contribution in [0.25, 0.3) is 0 Å². The molecule has 2 amide bonds. The van der Waals surface area contributed by atoms with E-state index in [1.165, 1.54) is 6.08 Å². The Morgan fingerprint density at radius 1 is 1.15 bits per heavy atom. The zero-order valence-electron chi connectivity index (χ0n) is 14.4. The van der Waals surface area contributed by atoms with Crippen LogP contribution in [0.15, 0.2) is 83.0 Å². The normalized spacial score (nSPS) is 12.6. The average Bonchev–Trinajstić information content (AvgIpc) is 2.67. The van der Waals surface area contributed by atoms with Gasteiger partial charge >= 0.3 is 6.03 Å². The Bertz CT molecular complexity index is 736. The SMILES string of the molecule is C/C=C(/NC(=O)Nc1ccccc1)ON=NC(CF)Cc1ccccc1. The fourth-order valence-electron chi connectivity index (χ4n) is 2.09. The molecule has 0 radical (unpaired) electrons. The first-order valence-electron chi connectivity index (χ1n) is 8.17. The molecular weight excluding hydrogens is 335 g/mol. The van der Waals surface area contributed by atoms with Crippen molar-refractivity contribution in [3.63, 3.8) is 0 Å². The van der Waals surface area contributed by atoms with Crippen molar-refractivity contribution >= 4 is 11.7 Å². The molecule has 0 bridgehead atoms. The summed E-state index contributed by atoms with van der Waals surface area (Å²) in [6, 6.07) is 17.3. The summed E-state index contributed by atoms with van der Waals surface area (Å²) in [6.07, 6.45) is 1.93. The number of nitrogens with zero attached hydrogens (tertiary/aromatic N) is 2. The number of urea groups is 1. The number of hydrogen-bond donors (Lipinski definition) is 2. The third-order valence-corrected chi connectivity index (χ3v) is 3.37. The molecule has 0 aliphatic rings. The molecule has 136 valence electrons. The van der Waals surface area contributed by atoms with Gasteiger partial charge in [0, 0.05) is 11.0 Å². The van der Waals surface area contributed by atoms with Gasteiger partial charge in [0.25, 0.3) is 0 Å². The van der Waals surface area contributed by atoms with E-state index in [9.17, 15) is 9.18 Å². The van der Waals surface area contributed by atoms with E-state index in [1.54, 1.807) is 31.2 Å². The molecule has 0 aliphatic carbocycles. The van der Waals surface area contributed by atoms with Crippen LogP contribution in [0.4, 0.5) is 14.9 Å². The molecule has 2 rings (SSSR count). The number of anilines is 1. The predicted octanol–water partition coefficient (Wildman–Crippen LogP) is 4.63. The van der Waals surface area contributed by atoms with Crippen molar-refractivity contribution in [2.75, 3.05) is 12.0 Å². The first-order valence-corrected chi connectivity index (χ1v) is 8.17. The Morgan fingerprint density at radius 3 is 2.42 bits per heavy atom. The van der Waals surface area contributed by atoms with Crippen molar-refractivity contribution in [3.8, 4) is 0 Å². The van der Waals surface area contributed by atoms with Gasteiger partial charge in [0.1, 0.15) is 12.7 Å². The van der Waals surface area contributed by atoms with Crippen LogP contribution in [0, 0.1) is 0 Å². The molecule has 7 heteroatoms. The molecule has 26 heavy (non-hydrogen) atoms. The van der Waals surface area contributed by atoms with Gasteiger partial charge in [0.2, 0.25) is 5.88 Å². The lowest BCUT2D eigenvalue weighted by Crippen LogP contribution is -2.28. The topological polar surface area (TPSA) is 75.1 Å². The summed E-state index contributed by atoms with van der Waals surface area (Å²) in [5, 5.41) is 12.5. The number of para-hydroxylation sites is 1. The highest BCUT2D eigenvalue weighted by Crippen LogP contribution is 2.08. The molecule has 0 saturated heterocycles. The molecule has 0 aromatic heterocycles. The first-order chi connectivity index (χ1) is 12.7. The van der Waals surface area contributed by atoms with E-state index in [4.69, 9.17) is 4.84 Å². The van der Waals surface area contributed by atoms with Gasteiger partial charge < -0.3 is 10.2 Å². The second kappa shape index (κ2) is 10.6. The zero-order valence-corrected chi connectivity index (χ0v) is 14.4. The summed E-state index contributed by atoms with van der Waals surface area (Å²) >= 11 is 0. The van der Waals surface area contributed by atoms with E-state index < -0.39 is 18.7 Å². The van der Waals surface area contributed by atoms with E-state index in [2.05, 4.69) is 21.0 Å². The van der Waals surface area contributed by atoms with E-state index in [0.29, 0.717) is 12.1 Å². The van der Waals surface area contributed by atoms with Crippen LogP contribution in [-0.4, -0.2) is 18.7 Å². The van der Waals surface area contributed by atoms with Crippen LogP contribution in [0.3, 0.4) is 0 Å². The third-order valence-electron chi connectivity index (χ3n) is 3.37. The zero-order chi connectivity index (χ0) is 18.6. The Balaban J connectivity index is 1.83. The highest BCUT2D eigenvalue weighted by Gasteiger charge is 2.09. The van der Waals surface area contributed by atoms with Crippen LogP contribution in [0.5, 0.6) is 0 Å². The summed E-state index contributed by atoms with van der Waals surface area (Å²) in [4.78, 5) is 17.0. The number of rotatable bonds is 8. The standard InChI is InChI=1S/C19H21FN4O2/c1-2-18(22-19(25)21-16-11-7-4-8-12-16)26-24-23-17(14-20)13-15-9-5-3-6-10-15/h2-12,17H,13-14H2,1H3,(H2,21,22,25)/b18-2-,24-23?. The molecule has 2 aromatic carbocycles. The maximum absolute atomic E-state index is 13.1. The highest BCUT2D eigenvalue weighted by molar-refractivity contribution is 5.90. The third kappa shape index (κ3) is 6.72. The van der Waals surface area contributed by atoms with E-state index in [-0.39, 0.29) is 5.88 Å². The smallest absolute Gasteiger partial charge is 0.321 e. The number of nitrogens with one attached hydrogen (secondary N) is 2. The summed E-state index contributed by atoms with van der Waals surface area (Å²) < 4.78 is 13.1. The molecular formula is C19H21FN4O2. The molecule has 6 nitrogen and oxygen atoms in total. The molecule has 2 N–H and O–H groups in total. The number of allylic oxidation sites excluding steroid dienone is 1. The van der Waals surface area contributed by atoms with Crippen molar-refractivity contribution < 1.29 is 14.0 Å². The molecule has 1 unspecified atom stereocenters. The number of alkyl halides is 1. The lowest BCUT2D eigenvalue weighted by molar-refractivity contribution is 0.172. The molecule has 0 fully saturated rings. The fraction of sp³-hybridized carbons (Fsp3) is 0.211. The van der Waals surface area contributed by atoms with Gasteiger partial charge in [-0.2, -0.15) is 0 Å². The van der Waals surface area contributed by atoms with Crippen LogP contribution < -0.4 is 10.6 Å². The van der Waals surface area contributed by atoms with E-state index >= 15 is 0 Å². The van der Waals surface area contributed by atoms with Gasteiger partial charge in [-0.3, -0.25) is 5.32 Å². The molecule has 0 spiro atoms. The van der Waals surface area contributed by atoms with Crippen molar-refractivity contribution in [2.45, 2.75) is 19.4 Å². The van der Waals surface area contributed by atoms with Crippen molar-refractivity contribution in [2.24, 2.45) is 10.4 Å². The minimum Gasteiger partial charge on any atom is -0.321 e. The molecule has 0 aliphatic heterocycles. The van der Waals surface area contributed by atoms with Crippen molar-refractivity contribution in [1.82, 2.24) is 5.32 Å². The van der Waals surface area contributed by atoms with Crippen LogP contribution >= 0.6 is 0 Å². The second-order valence-corrected chi connectivity index (χ2v) is 5.38. The Hall–Kier alpha value is -3.22. The minimum atomic E-state index is -0.658. The Morgan fingerprint density at radius 2 is 1.81 bits per heavy atom. The van der Waals surface area contributed by atoms with E-state index in [0.717, 1.165) is 5.56 Å². The Labute approximate surface area is 151 Å². The predicted molar refractivity (Wildman–Crippen MR) is 98.2 cm³/mol. The largest absolute Gasteiger partial charge is 0.326 e. The molecule has 0 heterocycles. The number of halogens is 1. The lowest BCUT2D eigenvalue weighted by atomic mass is 10.1. The van der Waals surface area contributed by atoms with Crippen LogP contribution in [0.1, 0.15) is 12.5 Å². The summed E-state index contributed by atoms with van der Waals surface area (Å²) in [7, 11) is 0. The number of hydrogen-bond acceptors (Lipinski definition) is 4. The fourth-order valence-corrected chi connectivity index (χ4v) is 2.09. The van der Waals surface area contributed by atoms with Gasteiger partial charge in [-0.1, -0.05) is 48.5 Å². The van der Waals surface area contributed by atoms with Gasteiger partial charge in [0.05, 0.1) is 0 Å². The second-order valence-electron chi connectivity index (χ2n) is 5.38. The van der Waals surface area contributed by atoms with Crippen molar-refractivity contribution in [1.29, 1.82) is 0 Å². The van der Waals surface area contributed by atoms with Gasteiger partial charge in [-0.25, -0.2) is 9.18 Å². The Kier molecular flexibility index (Phi) is 7.79. The monoisotopic (exact) mass is 356 g/mol. The first kappa shape index (κ1) is 19.1. The number of amides is 2. The van der Waals surface area contributed by atoms with Gasteiger partial charge in [-0.05, 0) is 37.1 Å². The van der Waals surface area contributed by atoms with E-state index in [1.807, 2.05) is 36.4 Å². The van der Waals surface area contributed by atoms with Gasteiger partial charge in [-0.15, -0.1) is 5.11 Å². The molecule has 1 atom stereocenters. The van der Waals surface area contributed by atoms with Crippen molar-refractivity contribution in [3.05, 3.63) is 78.2 Å². The summed E-state index contributed by atoms with van der Waals surface area (Å²) in [6.45, 7) is 1.01. The summed E-state index contributed by atoms with van der Waals surface area (Å²) in [5.74, 6) is 0.0968. The summed E-state index contributed by atoms with van der Waals surface area (Å²) in [5.41, 5.74) is 1.60. The minimum absolute atomic E-state index is 0.0968. The average molecular weight is 356 g/mol. The highest BCUT2D eigenvalue weighted by atomic mass is 19.1. The lowest BCUT2D eigenvalue weighted by Gasteiger charge is -2.09. The maximum Gasteiger partial charge on any atom is 0.326 e. The van der Waals surface area contributed by atoms with Gasteiger partial charge in [0.15, 0.2) is 0 Å². The molecule has 2 aromatic rings. The number of benzene rings is 2. The van der Waals surface area contributed by atoms with Crippen LogP contribution in [-0.2, 0) is 11.3 Å².